The van der Waals surface area contributed by atoms with E-state index in [1.807, 2.05) is 26.8 Å². The molecule has 0 atom stereocenters. The molecular weight excluding hydrogens is 270 g/mol. The van der Waals surface area contributed by atoms with Gasteiger partial charge in [0.2, 0.25) is 0 Å². The zero-order valence-corrected chi connectivity index (χ0v) is 13.4. The van der Waals surface area contributed by atoms with E-state index in [2.05, 4.69) is 17.2 Å². The second kappa shape index (κ2) is 8.94. The van der Waals surface area contributed by atoms with E-state index in [1.54, 1.807) is 12.3 Å². The van der Waals surface area contributed by atoms with E-state index in [9.17, 15) is 9.59 Å². The lowest BCUT2D eigenvalue weighted by molar-refractivity contribution is 0.0541. The highest BCUT2D eigenvalue weighted by Crippen LogP contribution is 2.05. The van der Waals surface area contributed by atoms with E-state index in [0.29, 0.717) is 5.69 Å². The van der Waals surface area contributed by atoms with Crippen LogP contribution in [0, 0.1) is 0 Å². The van der Waals surface area contributed by atoms with Gasteiger partial charge in [-0.2, -0.15) is 0 Å². The Bertz CT molecular complexity index is 450. The topological polar surface area (TPSA) is 94.3 Å². The number of carbonyl (C=O) groups excluding carboxylic acids is 2. The number of carbonyl (C=O) groups is 2. The van der Waals surface area contributed by atoms with Gasteiger partial charge >= 0.3 is 6.09 Å². The number of ether oxygens (including phenoxy) is 1. The number of alkyl carbamates (subject to hydrolysis) is 1. The second-order valence-corrected chi connectivity index (χ2v) is 5.42. The highest BCUT2D eigenvalue weighted by atomic mass is 16.6. The minimum Gasteiger partial charge on any atom is -0.444 e. The molecule has 0 spiro atoms. The molecule has 0 aromatic carbocycles. The lowest BCUT2D eigenvalue weighted by atomic mass is 10.1. The van der Waals surface area contributed by atoms with E-state index >= 15 is 0 Å². The molecule has 0 aliphatic heterocycles. The number of nitrogens with two attached hydrogens (primary N) is 1. The molecule has 0 fully saturated rings. The normalized spacial score (nSPS) is 10.1. The Labute approximate surface area is 126 Å². The maximum absolute atomic E-state index is 10.6. The van der Waals surface area contributed by atoms with Gasteiger partial charge in [-0.25, -0.2) is 4.79 Å². The number of aryl methyl sites for hydroxylation is 1. The number of rotatable bonds is 3. The number of nitrogens with one attached hydrogen (secondary N) is 1. The van der Waals surface area contributed by atoms with E-state index in [0.717, 1.165) is 18.4 Å². The molecule has 1 aromatic rings. The molecule has 0 aliphatic rings. The van der Waals surface area contributed by atoms with Crippen LogP contribution in [0.3, 0.4) is 0 Å². The summed E-state index contributed by atoms with van der Waals surface area (Å²) < 4.78 is 4.84. The first-order valence-electron chi connectivity index (χ1n) is 6.85. The summed E-state index contributed by atoms with van der Waals surface area (Å²) in [4.78, 5) is 25.0. The van der Waals surface area contributed by atoms with Gasteiger partial charge in [-0.3, -0.25) is 9.78 Å². The van der Waals surface area contributed by atoms with E-state index in [4.69, 9.17) is 10.5 Å². The molecule has 118 valence electrons. The first-order chi connectivity index (χ1) is 9.69. The van der Waals surface area contributed by atoms with E-state index < -0.39 is 5.91 Å². The first kappa shape index (κ1) is 18.9. The molecule has 0 saturated carbocycles. The Balaban J connectivity index is 0.000000400. The van der Waals surface area contributed by atoms with Gasteiger partial charge in [-0.05, 0) is 38.8 Å². The minimum absolute atomic E-state index is 0.329. The molecule has 0 bridgehead atoms. The molecular formula is C15H25N3O3. The third-order valence-corrected chi connectivity index (χ3v) is 2.22. The third-order valence-electron chi connectivity index (χ3n) is 2.22. The van der Waals surface area contributed by atoms with Crippen LogP contribution < -0.4 is 11.1 Å². The van der Waals surface area contributed by atoms with Crippen molar-refractivity contribution in [1.29, 1.82) is 0 Å². The molecule has 0 saturated heterocycles. The van der Waals surface area contributed by atoms with Crippen LogP contribution in [-0.2, 0) is 11.2 Å². The number of nitrogens with zero attached hydrogens (tertiary/aromatic N) is 1. The van der Waals surface area contributed by atoms with Crippen LogP contribution in [0.15, 0.2) is 18.3 Å². The van der Waals surface area contributed by atoms with Crippen LogP contribution in [0.25, 0.3) is 0 Å². The largest absolute Gasteiger partial charge is 0.444 e. The predicted octanol–water partition coefficient (Wildman–Crippen LogP) is 2.27. The van der Waals surface area contributed by atoms with Gasteiger partial charge < -0.3 is 15.8 Å². The maximum atomic E-state index is 10.6. The van der Waals surface area contributed by atoms with Gasteiger partial charge in [0, 0.05) is 13.2 Å². The summed E-state index contributed by atoms with van der Waals surface area (Å²) in [5, 5.41) is 2.36. The van der Waals surface area contributed by atoms with E-state index in [-0.39, 0.29) is 11.7 Å². The number of hydrogen-bond acceptors (Lipinski definition) is 4. The number of amides is 2. The van der Waals surface area contributed by atoms with Crippen molar-refractivity contribution in [1.82, 2.24) is 10.3 Å². The van der Waals surface area contributed by atoms with Gasteiger partial charge in [0.15, 0.2) is 0 Å². The van der Waals surface area contributed by atoms with Crippen LogP contribution in [0.2, 0.25) is 0 Å². The number of aromatic nitrogens is 1. The number of primary amides is 1. The summed E-state index contributed by atoms with van der Waals surface area (Å²) in [5.41, 5.74) is 6.12. The lowest BCUT2D eigenvalue weighted by Gasteiger charge is -2.18. The number of hydrogen-bond donors (Lipinski definition) is 2. The van der Waals surface area contributed by atoms with E-state index in [1.165, 1.54) is 7.05 Å². The highest BCUT2D eigenvalue weighted by Gasteiger charge is 2.13. The first-order valence-corrected chi connectivity index (χ1v) is 6.85. The molecule has 3 N–H and O–H groups in total. The average molecular weight is 295 g/mol. The lowest BCUT2D eigenvalue weighted by Crippen LogP contribution is -2.30. The van der Waals surface area contributed by atoms with Crippen molar-refractivity contribution in [2.24, 2.45) is 5.73 Å². The van der Waals surface area contributed by atoms with Gasteiger partial charge in [-0.15, -0.1) is 0 Å². The fourth-order valence-electron chi connectivity index (χ4n) is 1.34. The van der Waals surface area contributed by atoms with Crippen LogP contribution >= 0.6 is 0 Å². The van der Waals surface area contributed by atoms with Crippen molar-refractivity contribution in [3.63, 3.8) is 0 Å². The Morgan fingerprint density at radius 2 is 1.95 bits per heavy atom. The van der Waals surface area contributed by atoms with Gasteiger partial charge in [0.25, 0.3) is 5.91 Å². The summed E-state index contributed by atoms with van der Waals surface area (Å²) in [6, 6.07) is 3.55. The second-order valence-electron chi connectivity index (χ2n) is 5.42. The fraction of sp³-hybridized carbons (Fsp3) is 0.533. The molecule has 1 heterocycles. The fourth-order valence-corrected chi connectivity index (χ4v) is 1.34. The van der Waals surface area contributed by atoms with Crippen molar-refractivity contribution in [2.75, 3.05) is 7.05 Å². The molecule has 1 rings (SSSR count). The van der Waals surface area contributed by atoms with Crippen LogP contribution in [0.4, 0.5) is 4.79 Å². The maximum Gasteiger partial charge on any atom is 0.407 e. The average Bonchev–Trinajstić information content (AvgIpc) is 2.38. The molecule has 1 aromatic heterocycles. The molecule has 6 heteroatoms. The Morgan fingerprint density at radius 3 is 2.24 bits per heavy atom. The zero-order valence-electron chi connectivity index (χ0n) is 13.4. The minimum atomic E-state index is -0.474. The molecule has 2 amide bonds. The standard InChI is InChI=1S/C9H12N2O.C6H13NO2/c1-2-3-7-4-5-8(9(10)12)11-6-7;1-6(2,3)9-5(8)7-4/h4-6H,2-3H2,1H3,(H2,10,12);1-4H3,(H,7,8). The van der Waals surface area contributed by atoms with Crippen molar-refractivity contribution in [3.8, 4) is 0 Å². The van der Waals surface area contributed by atoms with Crippen LogP contribution in [-0.4, -0.2) is 29.6 Å². The smallest absolute Gasteiger partial charge is 0.407 e. The Hall–Kier alpha value is -2.11. The van der Waals surface area contributed by atoms with Crippen molar-refractivity contribution >= 4 is 12.0 Å². The molecule has 0 aliphatic carbocycles. The van der Waals surface area contributed by atoms with Gasteiger partial charge in [-0.1, -0.05) is 19.4 Å². The summed E-state index contributed by atoms with van der Waals surface area (Å²) in [7, 11) is 1.54. The summed E-state index contributed by atoms with van der Waals surface area (Å²) in [6.07, 6.45) is 3.38. The predicted molar refractivity (Wildman–Crippen MR) is 82.0 cm³/mol. The Kier molecular flexibility index (Phi) is 8.04. The van der Waals surface area contributed by atoms with Crippen molar-refractivity contribution < 1.29 is 14.3 Å². The molecule has 21 heavy (non-hydrogen) atoms. The third kappa shape index (κ3) is 9.43. The van der Waals surface area contributed by atoms with Crippen molar-refractivity contribution in [3.05, 3.63) is 29.6 Å². The van der Waals surface area contributed by atoms with Crippen LogP contribution in [0.5, 0.6) is 0 Å². The van der Waals surface area contributed by atoms with Crippen LogP contribution in [0.1, 0.15) is 50.2 Å². The quantitative estimate of drug-likeness (QED) is 0.894. The zero-order chi connectivity index (χ0) is 16.5. The number of pyridine rings is 1. The highest BCUT2D eigenvalue weighted by molar-refractivity contribution is 5.90. The van der Waals surface area contributed by atoms with Crippen molar-refractivity contribution in [2.45, 2.75) is 46.1 Å². The Morgan fingerprint density at radius 1 is 1.33 bits per heavy atom. The molecule has 0 unspecified atom stereocenters. The molecule has 6 nitrogen and oxygen atoms in total. The summed E-state index contributed by atoms with van der Waals surface area (Å²) in [5.74, 6) is -0.474. The van der Waals surface area contributed by atoms with Gasteiger partial charge in [0.05, 0.1) is 0 Å². The molecule has 0 radical (unpaired) electrons. The van der Waals surface area contributed by atoms with Gasteiger partial charge in [0.1, 0.15) is 11.3 Å². The monoisotopic (exact) mass is 295 g/mol. The SMILES string of the molecule is CCCc1ccc(C(N)=O)nc1.CNC(=O)OC(C)(C)C. The summed E-state index contributed by atoms with van der Waals surface area (Å²) >= 11 is 0. The summed E-state index contributed by atoms with van der Waals surface area (Å²) in [6.45, 7) is 7.56.